The van der Waals surface area contributed by atoms with Crippen LogP contribution < -0.4 is 10.6 Å². The maximum Gasteiger partial charge on any atom is 0.407 e. The summed E-state index contributed by atoms with van der Waals surface area (Å²) >= 11 is 0. The second-order valence-corrected chi connectivity index (χ2v) is 8.70. The molecule has 2 aliphatic rings. The van der Waals surface area contributed by atoms with Crippen LogP contribution in [0.3, 0.4) is 0 Å². The third kappa shape index (κ3) is 4.33. The minimum atomic E-state index is -1.11. The number of aliphatic carboxylic acids is 1. The minimum absolute atomic E-state index is 0.0103. The van der Waals surface area contributed by atoms with Crippen LogP contribution in [0.4, 0.5) is 4.79 Å². The van der Waals surface area contributed by atoms with Gasteiger partial charge in [0, 0.05) is 18.4 Å². The van der Waals surface area contributed by atoms with Crippen molar-refractivity contribution in [3.63, 3.8) is 0 Å². The van der Waals surface area contributed by atoms with Crippen LogP contribution in [0.5, 0.6) is 0 Å². The number of carbonyl (C=O) groups is 3. The Hall–Kier alpha value is -3.35. The lowest BCUT2D eigenvalue weighted by molar-refractivity contribution is -0.151. The van der Waals surface area contributed by atoms with E-state index in [2.05, 4.69) is 34.9 Å². The highest BCUT2D eigenvalue weighted by Crippen LogP contribution is 2.44. The smallest absolute Gasteiger partial charge is 0.407 e. The molecular weight excluding hydrogens is 408 g/mol. The van der Waals surface area contributed by atoms with Crippen molar-refractivity contribution in [3.8, 4) is 11.1 Å². The molecule has 2 aromatic carbocycles. The molecule has 7 heteroatoms. The molecule has 0 heterocycles. The van der Waals surface area contributed by atoms with Crippen LogP contribution >= 0.6 is 0 Å². The molecule has 1 atom stereocenters. The Bertz CT molecular complexity index is 985. The molecule has 0 aliphatic heterocycles. The number of ether oxygens (including phenoxy) is 1. The zero-order chi connectivity index (χ0) is 22.7. The predicted octanol–water partition coefficient (Wildman–Crippen LogP) is 3.82. The molecule has 0 bridgehead atoms. The summed E-state index contributed by atoms with van der Waals surface area (Å²) < 4.78 is 5.53. The summed E-state index contributed by atoms with van der Waals surface area (Å²) in [6, 6.07) is 16.0. The molecule has 7 nitrogen and oxygen atoms in total. The normalized spacial score (nSPS) is 16.8. The van der Waals surface area contributed by atoms with E-state index in [1.54, 1.807) is 6.92 Å². The van der Waals surface area contributed by atoms with Gasteiger partial charge in [-0.2, -0.15) is 0 Å². The zero-order valence-corrected chi connectivity index (χ0v) is 18.1. The Morgan fingerprint density at radius 2 is 1.66 bits per heavy atom. The molecule has 32 heavy (non-hydrogen) atoms. The lowest BCUT2D eigenvalue weighted by Crippen LogP contribution is -2.59. The Morgan fingerprint density at radius 1 is 1.06 bits per heavy atom. The highest BCUT2D eigenvalue weighted by atomic mass is 16.5. The standard InChI is InChI=1S/C25H28N2O5/c1-16(11-12-22(28)27-25(23(29)30)13-6-14-25)26-24(31)32-15-21-19-9-4-2-7-17(19)18-8-3-5-10-20(18)21/h2-5,7-10,16,21H,6,11-15H2,1H3,(H,26,31)(H,27,28)(H,29,30). The number of amides is 2. The average Bonchev–Trinajstić information content (AvgIpc) is 3.07. The van der Waals surface area contributed by atoms with Gasteiger partial charge in [0.1, 0.15) is 12.1 Å². The van der Waals surface area contributed by atoms with Gasteiger partial charge in [0.05, 0.1) is 0 Å². The second kappa shape index (κ2) is 9.02. The third-order valence-corrected chi connectivity index (χ3v) is 6.51. The molecule has 0 radical (unpaired) electrons. The molecule has 1 saturated carbocycles. The van der Waals surface area contributed by atoms with Gasteiger partial charge in [0.15, 0.2) is 0 Å². The van der Waals surface area contributed by atoms with Gasteiger partial charge in [-0.05, 0) is 54.9 Å². The minimum Gasteiger partial charge on any atom is -0.480 e. The van der Waals surface area contributed by atoms with E-state index in [1.807, 2.05) is 24.3 Å². The molecule has 2 aromatic rings. The van der Waals surface area contributed by atoms with Crippen molar-refractivity contribution >= 4 is 18.0 Å². The van der Waals surface area contributed by atoms with Crippen molar-refractivity contribution in [3.05, 3.63) is 59.7 Å². The van der Waals surface area contributed by atoms with Gasteiger partial charge in [0.2, 0.25) is 5.91 Å². The Morgan fingerprint density at radius 3 is 2.19 bits per heavy atom. The van der Waals surface area contributed by atoms with Gasteiger partial charge >= 0.3 is 12.1 Å². The predicted molar refractivity (Wildman–Crippen MR) is 119 cm³/mol. The number of fused-ring (bicyclic) bond motifs is 3. The van der Waals surface area contributed by atoms with Crippen molar-refractivity contribution in [2.75, 3.05) is 6.61 Å². The highest BCUT2D eigenvalue weighted by Gasteiger charge is 2.45. The first-order chi connectivity index (χ1) is 15.4. The SMILES string of the molecule is CC(CCC(=O)NC1(C(=O)O)CCC1)NC(=O)OCC1c2ccccc2-c2ccccc21. The fraction of sp³-hybridized carbons (Fsp3) is 0.400. The topological polar surface area (TPSA) is 105 Å². The van der Waals surface area contributed by atoms with E-state index in [9.17, 15) is 19.5 Å². The Balaban J connectivity index is 1.26. The number of carboxylic acid groups (broad SMARTS) is 1. The molecule has 2 aliphatic carbocycles. The fourth-order valence-corrected chi connectivity index (χ4v) is 4.51. The van der Waals surface area contributed by atoms with Crippen LogP contribution in [0.1, 0.15) is 56.1 Å². The van der Waals surface area contributed by atoms with Gasteiger partial charge in [-0.1, -0.05) is 48.5 Å². The summed E-state index contributed by atoms with van der Waals surface area (Å²) in [5.74, 6) is -1.31. The number of alkyl carbamates (subject to hydrolysis) is 1. The van der Waals surface area contributed by atoms with Crippen LogP contribution in [0.2, 0.25) is 0 Å². The summed E-state index contributed by atoms with van der Waals surface area (Å²) in [5.41, 5.74) is 3.52. The van der Waals surface area contributed by atoms with Crippen LogP contribution in [-0.4, -0.2) is 41.3 Å². The molecule has 0 saturated heterocycles. The number of nitrogens with one attached hydrogen (secondary N) is 2. The van der Waals surface area contributed by atoms with Gasteiger partial charge < -0.3 is 20.5 Å². The maximum atomic E-state index is 12.3. The molecule has 1 unspecified atom stereocenters. The van der Waals surface area contributed by atoms with Gasteiger partial charge in [-0.15, -0.1) is 0 Å². The zero-order valence-electron chi connectivity index (χ0n) is 18.1. The number of carbonyl (C=O) groups excluding carboxylic acids is 2. The van der Waals surface area contributed by atoms with E-state index in [0.717, 1.165) is 17.5 Å². The molecule has 168 valence electrons. The van der Waals surface area contributed by atoms with Crippen molar-refractivity contribution in [1.82, 2.24) is 10.6 Å². The van der Waals surface area contributed by atoms with Crippen LogP contribution in [0.15, 0.2) is 48.5 Å². The molecule has 3 N–H and O–H groups in total. The van der Waals surface area contributed by atoms with E-state index < -0.39 is 17.6 Å². The summed E-state index contributed by atoms with van der Waals surface area (Å²) in [5, 5.41) is 14.7. The number of hydrogen-bond donors (Lipinski definition) is 3. The van der Waals surface area contributed by atoms with E-state index in [4.69, 9.17) is 4.74 Å². The number of hydrogen-bond acceptors (Lipinski definition) is 4. The van der Waals surface area contributed by atoms with Crippen molar-refractivity contribution in [2.24, 2.45) is 0 Å². The van der Waals surface area contributed by atoms with Crippen LogP contribution in [0, 0.1) is 0 Å². The van der Waals surface area contributed by atoms with Gasteiger partial charge in [0.25, 0.3) is 0 Å². The Labute approximate surface area is 187 Å². The van der Waals surface area contributed by atoms with Crippen LogP contribution in [0.25, 0.3) is 11.1 Å². The van der Waals surface area contributed by atoms with E-state index in [0.29, 0.717) is 19.3 Å². The number of rotatable bonds is 8. The molecule has 2 amide bonds. The van der Waals surface area contributed by atoms with Crippen LogP contribution in [-0.2, 0) is 14.3 Å². The third-order valence-electron chi connectivity index (χ3n) is 6.51. The molecule has 0 spiro atoms. The Kier molecular flexibility index (Phi) is 6.17. The first-order valence-electron chi connectivity index (χ1n) is 11.1. The lowest BCUT2D eigenvalue weighted by Gasteiger charge is -2.38. The summed E-state index contributed by atoms with van der Waals surface area (Å²) in [4.78, 5) is 35.9. The summed E-state index contributed by atoms with van der Waals surface area (Å²) in [6.07, 6.45) is 1.72. The fourth-order valence-electron chi connectivity index (χ4n) is 4.51. The quantitative estimate of drug-likeness (QED) is 0.584. The molecule has 4 rings (SSSR count). The van der Waals surface area contributed by atoms with Crippen molar-refractivity contribution in [2.45, 2.75) is 56.5 Å². The number of carboxylic acids is 1. The first kappa shape index (κ1) is 21.9. The summed E-state index contributed by atoms with van der Waals surface area (Å²) in [7, 11) is 0. The van der Waals surface area contributed by atoms with Crippen molar-refractivity contribution in [1.29, 1.82) is 0 Å². The maximum absolute atomic E-state index is 12.3. The van der Waals surface area contributed by atoms with E-state index >= 15 is 0 Å². The first-order valence-corrected chi connectivity index (χ1v) is 11.1. The largest absolute Gasteiger partial charge is 0.480 e. The van der Waals surface area contributed by atoms with Gasteiger partial charge in [-0.3, -0.25) is 4.79 Å². The monoisotopic (exact) mass is 436 g/mol. The number of benzene rings is 2. The average molecular weight is 437 g/mol. The van der Waals surface area contributed by atoms with E-state index in [1.165, 1.54) is 11.1 Å². The second-order valence-electron chi connectivity index (χ2n) is 8.70. The van der Waals surface area contributed by atoms with Gasteiger partial charge in [-0.25, -0.2) is 9.59 Å². The van der Waals surface area contributed by atoms with Crippen molar-refractivity contribution < 1.29 is 24.2 Å². The molecular formula is C25H28N2O5. The molecule has 1 fully saturated rings. The highest BCUT2D eigenvalue weighted by molar-refractivity contribution is 5.87. The lowest BCUT2D eigenvalue weighted by atomic mass is 9.76. The summed E-state index contributed by atoms with van der Waals surface area (Å²) in [6.45, 7) is 2.03. The van der Waals surface area contributed by atoms with E-state index in [-0.39, 0.29) is 30.9 Å². The molecule has 0 aromatic heterocycles.